The normalized spacial score (nSPS) is 26.9. The van der Waals surface area contributed by atoms with E-state index in [1.165, 1.54) is 12.1 Å². The molecule has 4 unspecified atom stereocenters. The van der Waals surface area contributed by atoms with Gasteiger partial charge in [0, 0.05) is 31.1 Å². The molecule has 1 N–H and O–H groups in total. The summed E-state index contributed by atoms with van der Waals surface area (Å²) in [5.41, 5.74) is 1.42. The zero-order chi connectivity index (χ0) is 27.9. The molecule has 2 aliphatic heterocycles. The summed E-state index contributed by atoms with van der Waals surface area (Å²) in [6.07, 6.45) is 3.33. The summed E-state index contributed by atoms with van der Waals surface area (Å²) in [4.78, 5) is 7.30. The lowest BCUT2D eigenvalue weighted by atomic mass is 9.83. The number of allylic oxidation sites excluding steroid dienone is 3. The van der Waals surface area contributed by atoms with Gasteiger partial charge in [-0.2, -0.15) is 18.3 Å². The minimum atomic E-state index is -4.46. The van der Waals surface area contributed by atoms with Gasteiger partial charge in [0.15, 0.2) is 5.82 Å². The van der Waals surface area contributed by atoms with Gasteiger partial charge < -0.3 is 19.5 Å². The molecule has 0 radical (unpaired) electrons. The predicted molar refractivity (Wildman–Crippen MR) is 142 cm³/mol. The number of aliphatic hydroxyl groups is 1. The largest absolute Gasteiger partial charge is 0.497 e. The van der Waals surface area contributed by atoms with Crippen LogP contribution in [-0.4, -0.2) is 59.0 Å². The molecular weight excluding hydrogens is 509 g/mol. The van der Waals surface area contributed by atoms with E-state index in [9.17, 15) is 18.3 Å². The molecule has 1 saturated heterocycles. The smallest absolute Gasteiger partial charge is 0.416 e. The van der Waals surface area contributed by atoms with Crippen molar-refractivity contribution in [3.63, 3.8) is 0 Å². The zero-order valence-electron chi connectivity index (χ0n) is 22.7. The third-order valence-electron chi connectivity index (χ3n) is 8.11. The Morgan fingerprint density at radius 3 is 2.64 bits per heavy atom. The lowest BCUT2D eigenvalue weighted by Crippen LogP contribution is -2.45. The Kier molecular flexibility index (Phi) is 7.61. The molecule has 1 aliphatic carbocycles. The van der Waals surface area contributed by atoms with Gasteiger partial charge in [0.2, 0.25) is 0 Å². The maximum atomic E-state index is 13.7. The van der Waals surface area contributed by atoms with Crippen LogP contribution in [-0.2, 0) is 22.3 Å². The number of ether oxygens (including phenoxy) is 2. The second kappa shape index (κ2) is 10.8. The summed E-state index contributed by atoms with van der Waals surface area (Å²) in [6.45, 7) is 5.04. The standard InChI is InChI=1S/C29H35F3N4O3/c1-17-13-22(39-4)10-11-23(17)25-24(16-38-3)34-36-26(19-7-5-8-20(14-19)29(30,31)32)18(2)27(33-28(25)36)35-12-6-9-21(35)15-37/h5,7-8,10-11,13-14,17-18,21,23,26,37H,6,9,12,15-16H2,1-4H3/t17?,18?,21-,23?,26?/m0/s1. The van der Waals surface area contributed by atoms with Crippen LogP contribution < -0.4 is 0 Å². The van der Waals surface area contributed by atoms with Crippen molar-refractivity contribution in [1.82, 2.24) is 14.7 Å². The minimum Gasteiger partial charge on any atom is -0.497 e. The maximum Gasteiger partial charge on any atom is 0.416 e. The highest BCUT2D eigenvalue weighted by Gasteiger charge is 2.42. The fraction of sp³-hybridized carbons (Fsp3) is 0.517. The van der Waals surface area contributed by atoms with Crippen LogP contribution in [0.3, 0.4) is 0 Å². The summed E-state index contributed by atoms with van der Waals surface area (Å²) < 4.78 is 54.0. The Hall–Kier alpha value is -3.11. The highest BCUT2D eigenvalue weighted by molar-refractivity contribution is 5.89. The number of hydrogen-bond donors (Lipinski definition) is 1. The van der Waals surface area contributed by atoms with Gasteiger partial charge in [0.1, 0.15) is 11.6 Å². The maximum absolute atomic E-state index is 13.7. The highest BCUT2D eigenvalue weighted by Crippen LogP contribution is 2.46. The number of aliphatic imine (C=N–C) groups is 1. The van der Waals surface area contributed by atoms with Crippen molar-refractivity contribution in [3.8, 4) is 0 Å². The molecule has 5 atom stereocenters. The molecule has 1 fully saturated rings. The molecule has 10 heteroatoms. The van der Waals surface area contributed by atoms with Crippen molar-refractivity contribution < 1.29 is 27.8 Å². The van der Waals surface area contributed by atoms with Crippen molar-refractivity contribution in [2.45, 2.75) is 57.5 Å². The van der Waals surface area contributed by atoms with Crippen LogP contribution in [0.2, 0.25) is 0 Å². The molecule has 3 aliphatic rings. The number of fused-ring (bicyclic) bond motifs is 1. The van der Waals surface area contributed by atoms with Gasteiger partial charge in [0.25, 0.3) is 0 Å². The summed E-state index contributed by atoms with van der Waals surface area (Å²) >= 11 is 0. The van der Waals surface area contributed by atoms with Crippen molar-refractivity contribution in [2.24, 2.45) is 16.8 Å². The molecule has 0 bridgehead atoms. The monoisotopic (exact) mass is 544 g/mol. The fourth-order valence-corrected chi connectivity index (χ4v) is 6.21. The van der Waals surface area contributed by atoms with Crippen molar-refractivity contribution in [3.05, 3.63) is 70.6 Å². The molecule has 210 valence electrons. The third-order valence-corrected chi connectivity index (χ3v) is 8.11. The van der Waals surface area contributed by atoms with E-state index in [1.807, 2.05) is 19.1 Å². The van der Waals surface area contributed by atoms with Crippen molar-refractivity contribution in [1.29, 1.82) is 0 Å². The van der Waals surface area contributed by atoms with Crippen LogP contribution in [0.5, 0.6) is 0 Å². The van der Waals surface area contributed by atoms with Crippen molar-refractivity contribution >= 4 is 11.7 Å². The number of hydrogen-bond acceptors (Lipinski definition) is 6. The van der Waals surface area contributed by atoms with Crippen molar-refractivity contribution in [2.75, 3.05) is 27.4 Å². The van der Waals surface area contributed by atoms with Gasteiger partial charge in [-0.25, -0.2) is 9.67 Å². The summed E-state index contributed by atoms with van der Waals surface area (Å²) in [5.74, 6) is 1.87. The van der Waals surface area contributed by atoms with Gasteiger partial charge in [0.05, 0.1) is 43.7 Å². The molecule has 3 heterocycles. The predicted octanol–water partition coefficient (Wildman–Crippen LogP) is 5.59. The Balaban J connectivity index is 1.71. The van der Waals surface area contributed by atoms with E-state index in [-0.39, 0.29) is 37.0 Å². The number of rotatable bonds is 6. The second-order valence-electron chi connectivity index (χ2n) is 10.6. The number of nitrogens with zero attached hydrogens (tertiary/aromatic N) is 4. The fourth-order valence-electron chi connectivity index (χ4n) is 6.21. The molecule has 0 saturated carbocycles. The van der Waals surface area contributed by atoms with Crippen LogP contribution >= 0.6 is 0 Å². The number of aliphatic hydroxyl groups excluding tert-OH is 1. The molecule has 2 aromatic rings. The van der Waals surface area contributed by atoms with E-state index < -0.39 is 17.8 Å². The van der Waals surface area contributed by atoms with E-state index in [0.29, 0.717) is 17.1 Å². The molecular formula is C29H35F3N4O3. The lowest BCUT2D eigenvalue weighted by Gasteiger charge is -2.38. The number of alkyl halides is 3. The van der Waals surface area contributed by atoms with Crippen LogP contribution in [0.4, 0.5) is 19.0 Å². The van der Waals surface area contributed by atoms with Gasteiger partial charge in [-0.15, -0.1) is 0 Å². The molecule has 39 heavy (non-hydrogen) atoms. The minimum absolute atomic E-state index is 0.00596. The van der Waals surface area contributed by atoms with Crippen LogP contribution in [0.25, 0.3) is 0 Å². The molecule has 0 spiro atoms. The number of halogens is 3. The van der Waals surface area contributed by atoms with Gasteiger partial charge in [-0.3, -0.25) is 0 Å². The molecule has 5 rings (SSSR count). The first-order valence-electron chi connectivity index (χ1n) is 13.3. The Morgan fingerprint density at radius 2 is 1.97 bits per heavy atom. The first kappa shape index (κ1) is 27.5. The number of likely N-dealkylation sites (tertiary alicyclic amines) is 1. The topological polar surface area (TPSA) is 72.1 Å². The Labute approximate surface area is 226 Å². The number of benzene rings is 1. The Bertz CT molecular complexity index is 1300. The second-order valence-corrected chi connectivity index (χ2v) is 10.6. The zero-order valence-corrected chi connectivity index (χ0v) is 22.7. The molecule has 0 amide bonds. The van der Waals surface area contributed by atoms with Gasteiger partial charge in [-0.05, 0) is 48.6 Å². The third kappa shape index (κ3) is 5.00. The number of amidine groups is 1. The summed E-state index contributed by atoms with van der Waals surface area (Å²) in [5, 5.41) is 15.0. The molecule has 7 nitrogen and oxygen atoms in total. The summed E-state index contributed by atoms with van der Waals surface area (Å²) in [6, 6.07) is 4.89. The Morgan fingerprint density at radius 1 is 1.18 bits per heavy atom. The number of aromatic nitrogens is 2. The number of methoxy groups -OCH3 is 2. The van der Waals surface area contributed by atoms with E-state index in [4.69, 9.17) is 19.6 Å². The SMILES string of the molecule is COCc1nn2c(c1C1C=CC(OC)=CC1C)N=C(N1CCC[C@H]1CO)C(C)C2c1cccc(C(F)(F)F)c1. The van der Waals surface area contributed by atoms with E-state index in [1.54, 1.807) is 25.0 Å². The quantitative estimate of drug-likeness (QED) is 0.513. The average molecular weight is 545 g/mol. The highest BCUT2D eigenvalue weighted by atomic mass is 19.4. The lowest BCUT2D eigenvalue weighted by molar-refractivity contribution is -0.137. The van der Waals surface area contributed by atoms with Crippen LogP contribution in [0, 0.1) is 11.8 Å². The van der Waals surface area contributed by atoms with Crippen LogP contribution in [0.15, 0.2) is 53.2 Å². The summed E-state index contributed by atoms with van der Waals surface area (Å²) in [7, 11) is 3.23. The van der Waals surface area contributed by atoms with Gasteiger partial charge >= 0.3 is 6.18 Å². The first-order valence-corrected chi connectivity index (χ1v) is 13.3. The first-order chi connectivity index (χ1) is 18.7. The molecule has 1 aromatic heterocycles. The molecule has 1 aromatic carbocycles. The average Bonchev–Trinajstić information content (AvgIpc) is 3.52. The van der Waals surface area contributed by atoms with Crippen LogP contribution in [0.1, 0.15) is 61.0 Å². The van der Waals surface area contributed by atoms with Gasteiger partial charge in [-0.1, -0.05) is 32.1 Å². The van der Waals surface area contributed by atoms with E-state index in [0.717, 1.165) is 42.6 Å². The van der Waals surface area contributed by atoms with E-state index >= 15 is 0 Å². The van der Waals surface area contributed by atoms with E-state index in [2.05, 4.69) is 17.9 Å².